The maximum Gasteiger partial charge on any atom is 0.132 e. The Morgan fingerprint density at radius 2 is 1.02 bits per heavy atom. The van der Waals surface area contributed by atoms with E-state index in [0.29, 0.717) is 0 Å². The first kappa shape index (κ1) is 23.2. The first-order chi connectivity index (χ1) is 20.8. The molecule has 0 atom stereocenters. The molecule has 0 amide bonds. The molecule has 196 valence electrons. The Kier molecular flexibility index (Phi) is 4.82. The Bertz CT molecular complexity index is 2130. The Morgan fingerprint density at radius 1 is 0.429 bits per heavy atom. The predicted molar refractivity (Wildman–Crippen MR) is 168 cm³/mol. The molecule has 0 saturated carbocycles. The summed E-state index contributed by atoms with van der Waals surface area (Å²) in [5.41, 5.74) is 10.7. The van der Waals surface area contributed by atoms with Gasteiger partial charge in [-0.2, -0.15) is 0 Å². The predicted octanol–water partition coefficient (Wildman–Crippen LogP) is 9.43. The Morgan fingerprint density at radius 3 is 1.81 bits per heavy atom. The third kappa shape index (κ3) is 3.11. The zero-order chi connectivity index (χ0) is 27.7. The number of para-hydroxylation sites is 1. The van der Waals surface area contributed by atoms with Crippen molar-refractivity contribution >= 4 is 10.8 Å². The average molecular weight is 537 g/mol. The van der Waals surface area contributed by atoms with Gasteiger partial charge in [-0.3, -0.25) is 0 Å². The van der Waals surface area contributed by atoms with Gasteiger partial charge in [0.1, 0.15) is 11.5 Å². The molecule has 0 unspecified atom stereocenters. The van der Waals surface area contributed by atoms with Crippen LogP contribution in [0.5, 0.6) is 11.5 Å². The normalized spacial score (nSPS) is 13.6. The molecule has 1 aromatic heterocycles. The first-order valence-corrected chi connectivity index (χ1v) is 14.3. The quantitative estimate of drug-likeness (QED) is 0.221. The summed E-state index contributed by atoms with van der Waals surface area (Å²) in [6.45, 7) is 0. The Balaban J connectivity index is 1.21. The highest BCUT2D eigenvalue weighted by atomic mass is 16.5. The van der Waals surface area contributed by atoms with Crippen LogP contribution in [0, 0.1) is 0 Å². The third-order valence-corrected chi connectivity index (χ3v) is 8.87. The highest BCUT2D eigenvalue weighted by molar-refractivity contribution is 5.96. The molecular formula is C39H24N2O. The molecule has 2 heterocycles. The molecule has 1 aliphatic heterocycles. The maximum atomic E-state index is 6.65. The molecule has 1 spiro atoms. The van der Waals surface area contributed by atoms with E-state index in [0.717, 1.165) is 39.6 Å². The molecule has 0 saturated heterocycles. The maximum absolute atomic E-state index is 6.65. The number of rotatable bonds is 2. The summed E-state index contributed by atoms with van der Waals surface area (Å²) in [6.07, 6.45) is 0. The van der Waals surface area contributed by atoms with Crippen LogP contribution in [0.3, 0.4) is 0 Å². The van der Waals surface area contributed by atoms with Crippen LogP contribution >= 0.6 is 0 Å². The summed E-state index contributed by atoms with van der Waals surface area (Å²) >= 11 is 0. The molecule has 0 bridgehead atoms. The second kappa shape index (κ2) is 8.73. The molecule has 7 aromatic rings. The van der Waals surface area contributed by atoms with E-state index in [4.69, 9.17) is 4.74 Å². The zero-order valence-electron chi connectivity index (χ0n) is 22.7. The number of ether oxygens (including phenoxy) is 1. The van der Waals surface area contributed by atoms with Crippen LogP contribution in [0.2, 0.25) is 0 Å². The van der Waals surface area contributed by atoms with Gasteiger partial charge < -0.3 is 4.74 Å². The lowest BCUT2D eigenvalue weighted by molar-refractivity contribution is 0.436. The van der Waals surface area contributed by atoms with Crippen molar-refractivity contribution in [2.45, 2.75) is 5.41 Å². The van der Waals surface area contributed by atoms with E-state index in [-0.39, 0.29) is 0 Å². The standard InChI is InChI=1S/C39H24N2O/c1-2-12-27-25(10-1)11-9-15-30(27)36-23-22-35(40-41-36)26-20-21-34-38(24-26)42-37-19-8-7-18-33(37)39(34)31-16-5-3-13-28(31)29-14-4-6-17-32(29)39/h1-24H. The van der Waals surface area contributed by atoms with Gasteiger partial charge in [0.2, 0.25) is 0 Å². The minimum atomic E-state index is -0.459. The van der Waals surface area contributed by atoms with Crippen LogP contribution in [0.25, 0.3) is 44.4 Å². The molecule has 0 N–H and O–H groups in total. The minimum absolute atomic E-state index is 0.459. The van der Waals surface area contributed by atoms with E-state index in [1.54, 1.807) is 0 Å². The second-order valence-corrected chi connectivity index (χ2v) is 11.0. The molecule has 6 aromatic carbocycles. The number of fused-ring (bicyclic) bond motifs is 10. The fourth-order valence-electron chi connectivity index (χ4n) is 7.10. The third-order valence-electron chi connectivity index (χ3n) is 8.87. The van der Waals surface area contributed by atoms with Crippen LogP contribution in [0.15, 0.2) is 146 Å². The molecule has 3 heteroatoms. The van der Waals surface area contributed by atoms with Crippen LogP contribution < -0.4 is 4.74 Å². The van der Waals surface area contributed by atoms with Crippen LogP contribution in [-0.4, -0.2) is 10.2 Å². The summed E-state index contributed by atoms with van der Waals surface area (Å²) in [7, 11) is 0. The molecule has 1 aliphatic carbocycles. The van der Waals surface area contributed by atoms with Crippen molar-refractivity contribution in [2.24, 2.45) is 0 Å². The summed E-state index contributed by atoms with van der Waals surface area (Å²) in [6, 6.07) is 51.3. The number of hydrogen-bond acceptors (Lipinski definition) is 3. The monoisotopic (exact) mass is 536 g/mol. The summed E-state index contributed by atoms with van der Waals surface area (Å²) in [5.74, 6) is 1.73. The average Bonchev–Trinajstić information content (AvgIpc) is 3.35. The van der Waals surface area contributed by atoms with Crippen LogP contribution in [0.4, 0.5) is 0 Å². The van der Waals surface area contributed by atoms with E-state index < -0.39 is 5.41 Å². The fourth-order valence-corrected chi connectivity index (χ4v) is 7.10. The van der Waals surface area contributed by atoms with Gasteiger partial charge >= 0.3 is 0 Å². The highest BCUT2D eigenvalue weighted by Crippen LogP contribution is 2.62. The van der Waals surface area contributed by atoms with Crippen molar-refractivity contribution in [3.05, 3.63) is 168 Å². The number of hydrogen-bond donors (Lipinski definition) is 0. The van der Waals surface area contributed by atoms with Crippen molar-refractivity contribution in [1.82, 2.24) is 10.2 Å². The Hall–Kier alpha value is -5.54. The lowest BCUT2D eigenvalue weighted by Gasteiger charge is -2.39. The number of aromatic nitrogens is 2. The Labute approximate surface area is 243 Å². The largest absolute Gasteiger partial charge is 0.457 e. The zero-order valence-corrected chi connectivity index (χ0v) is 22.7. The topological polar surface area (TPSA) is 35.0 Å². The summed E-state index contributed by atoms with van der Waals surface area (Å²) in [5, 5.41) is 11.7. The van der Waals surface area contributed by atoms with Crippen molar-refractivity contribution < 1.29 is 4.74 Å². The van der Waals surface area contributed by atoms with E-state index in [2.05, 4.69) is 150 Å². The van der Waals surface area contributed by atoms with Gasteiger partial charge in [0.25, 0.3) is 0 Å². The van der Waals surface area contributed by atoms with Crippen molar-refractivity contribution in [1.29, 1.82) is 0 Å². The van der Waals surface area contributed by atoms with Gasteiger partial charge in [-0.15, -0.1) is 10.2 Å². The SMILES string of the molecule is c1ccc2c(c1)Oc1cc(-c3ccc(-c4cccc5ccccc45)nn3)ccc1C21c2ccccc2-c2ccccc21. The number of benzene rings is 6. The lowest BCUT2D eigenvalue weighted by atomic mass is 9.66. The lowest BCUT2D eigenvalue weighted by Crippen LogP contribution is -2.32. The van der Waals surface area contributed by atoms with Gasteiger partial charge in [0.15, 0.2) is 0 Å². The molecule has 2 aliphatic rings. The summed E-state index contributed by atoms with van der Waals surface area (Å²) < 4.78 is 6.65. The van der Waals surface area contributed by atoms with E-state index >= 15 is 0 Å². The van der Waals surface area contributed by atoms with E-state index in [9.17, 15) is 0 Å². The highest BCUT2D eigenvalue weighted by Gasteiger charge is 2.50. The molecule has 3 nitrogen and oxygen atoms in total. The van der Waals surface area contributed by atoms with E-state index in [1.807, 2.05) is 6.07 Å². The van der Waals surface area contributed by atoms with Crippen molar-refractivity contribution in [2.75, 3.05) is 0 Å². The van der Waals surface area contributed by atoms with Crippen molar-refractivity contribution in [3.8, 4) is 45.1 Å². The molecule has 9 rings (SSSR count). The van der Waals surface area contributed by atoms with Crippen molar-refractivity contribution in [3.63, 3.8) is 0 Å². The van der Waals surface area contributed by atoms with Crippen LogP contribution in [0.1, 0.15) is 22.3 Å². The van der Waals surface area contributed by atoms with E-state index in [1.165, 1.54) is 38.6 Å². The van der Waals surface area contributed by atoms with Gasteiger partial charge in [-0.25, -0.2) is 0 Å². The molecule has 0 radical (unpaired) electrons. The summed E-state index contributed by atoms with van der Waals surface area (Å²) in [4.78, 5) is 0. The fraction of sp³-hybridized carbons (Fsp3) is 0.0256. The smallest absolute Gasteiger partial charge is 0.132 e. The van der Waals surface area contributed by atoms with Crippen LogP contribution in [-0.2, 0) is 5.41 Å². The first-order valence-electron chi connectivity index (χ1n) is 14.3. The second-order valence-electron chi connectivity index (χ2n) is 11.0. The number of nitrogens with zero attached hydrogens (tertiary/aromatic N) is 2. The minimum Gasteiger partial charge on any atom is -0.457 e. The molecule has 0 fully saturated rings. The van der Waals surface area contributed by atoms with Gasteiger partial charge in [-0.05, 0) is 57.3 Å². The van der Waals surface area contributed by atoms with Gasteiger partial charge in [0, 0.05) is 22.3 Å². The molecule has 42 heavy (non-hydrogen) atoms. The molecular weight excluding hydrogens is 512 g/mol. The van der Waals surface area contributed by atoms with Gasteiger partial charge in [-0.1, -0.05) is 121 Å². The van der Waals surface area contributed by atoms with Gasteiger partial charge in [0.05, 0.1) is 16.8 Å².